The third-order valence-corrected chi connectivity index (χ3v) is 7.00. The number of nitrogens with zero attached hydrogens (tertiary/aromatic N) is 3. The zero-order chi connectivity index (χ0) is 29.4. The molecule has 0 radical (unpaired) electrons. The Morgan fingerprint density at radius 1 is 1.05 bits per heavy atom. The molecule has 10 nitrogen and oxygen atoms in total. The average molecular weight is 568 g/mol. The number of hydrogen-bond acceptors (Lipinski definition) is 6. The Hall–Kier alpha value is -4.65. The Bertz CT molecular complexity index is 1610. The molecule has 2 aromatic carbocycles. The molecular formula is C28H28F3N7O3. The summed E-state index contributed by atoms with van der Waals surface area (Å²) < 4.78 is 40.6. The Kier molecular flexibility index (Phi) is 7.30. The summed E-state index contributed by atoms with van der Waals surface area (Å²) in [5.74, 6) is 0.417. The van der Waals surface area contributed by atoms with Crippen LogP contribution in [0.25, 0.3) is 22.2 Å². The van der Waals surface area contributed by atoms with Crippen molar-refractivity contribution < 1.29 is 27.9 Å². The van der Waals surface area contributed by atoms with Crippen LogP contribution in [0.15, 0.2) is 54.6 Å². The number of hydrogen-bond donors (Lipinski definition) is 5. The van der Waals surface area contributed by atoms with Gasteiger partial charge in [-0.15, -0.1) is 0 Å². The van der Waals surface area contributed by atoms with Gasteiger partial charge in [-0.2, -0.15) is 18.3 Å². The van der Waals surface area contributed by atoms with E-state index in [0.717, 1.165) is 28.6 Å². The van der Waals surface area contributed by atoms with Crippen molar-refractivity contribution in [2.75, 3.05) is 36.1 Å². The molecule has 1 aliphatic rings. The average Bonchev–Trinajstić information content (AvgIpc) is 3.70. The predicted molar refractivity (Wildman–Crippen MR) is 149 cm³/mol. The van der Waals surface area contributed by atoms with E-state index in [1.54, 1.807) is 43.0 Å². The van der Waals surface area contributed by atoms with Crippen molar-refractivity contribution in [3.63, 3.8) is 0 Å². The zero-order valence-electron chi connectivity index (χ0n) is 22.3. The molecule has 1 saturated carbocycles. The highest BCUT2D eigenvalue weighted by atomic mass is 19.4. The van der Waals surface area contributed by atoms with Gasteiger partial charge in [-0.3, -0.25) is 4.79 Å². The highest BCUT2D eigenvalue weighted by Crippen LogP contribution is 2.49. The van der Waals surface area contributed by atoms with Gasteiger partial charge in [0.05, 0.1) is 28.7 Å². The molecule has 0 spiro atoms. The summed E-state index contributed by atoms with van der Waals surface area (Å²) in [5.41, 5.74) is 1.53. The molecule has 0 unspecified atom stereocenters. The summed E-state index contributed by atoms with van der Waals surface area (Å²) in [4.78, 5) is 30.3. The Balaban J connectivity index is 1.43. The minimum atomic E-state index is -4.52. The van der Waals surface area contributed by atoms with Gasteiger partial charge in [0.1, 0.15) is 0 Å². The number of alkyl halides is 3. The molecule has 13 heteroatoms. The number of urea groups is 1. The summed E-state index contributed by atoms with van der Waals surface area (Å²) in [5, 5.41) is 25.3. The maximum atomic E-state index is 13.0. The third kappa shape index (κ3) is 5.53. The first-order chi connectivity index (χ1) is 19.6. The number of pyridine rings is 1. The summed E-state index contributed by atoms with van der Waals surface area (Å²) in [6, 6.07) is 12.5. The van der Waals surface area contributed by atoms with E-state index in [4.69, 9.17) is 10.1 Å². The van der Waals surface area contributed by atoms with E-state index in [2.05, 4.69) is 26.4 Å². The number of halogens is 3. The molecule has 0 atom stereocenters. The normalized spacial score (nSPS) is 14.0. The van der Waals surface area contributed by atoms with Crippen LogP contribution in [-0.2, 0) is 23.4 Å². The smallest absolute Gasteiger partial charge is 0.395 e. The number of fused-ring (bicyclic) bond motifs is 1. The summed E-state index contributed by atoms with van der Waals surface area (Å²) in [6.45, 7) is -0.00769. The second-order valence-corrected chi connectivity index (χ2v) is 9.77. The highest BCUT2D eigenvalue weighted by molar-refractivity contribution is 6.03. The van der Waals surface area contributed by atoms with E-state index < -0.39 is 23.2 Å². The SMILES string of the molecule is CNc1nn(C)c2nc(C3(C(=O)NCCO)CC3)cc(-c3ccc(NC(=O)Nc4cccc(C(F)(F)F)c4)cc3)c12. The fourth-order valence-electron chi connectivity index (χ4n) is 4.76. The fraction of sp³-hybridized carbons (Fsp3) is 0.286. The summed E-state index contributed by atoms with van der Waals surface area (Å²) in [6.07, 6.45) is -3.27. The van der Waals surface area contributed by atoms with E-state index >= 15 is 0 Å². The Morgan fingerprint density at radius 3 is 2.39 bits per heavy atom. The maximum Gasteiger partial charge on any atom is 0.416 e. The van der Waals surface area contributed by atoms with Crippen LogP contribution in [0.5, 0.6) is 0 Å². The number of rotatable bonds is 8. The van der Waals surface area contributed by atoms with E-state index in [9.17, 15) is 22.8 Å². The van der Waals surface area contributed by atoms with Crippen molar-refractivity contribution >= 4 is 40.2 Å². The van der Waals surface area contributed by atoms with Crippen LogP contribution >= 0.6 is 0 Å². The molecule has 5 N–H and O–H groups in total. The van der Waals surface area contributed by atoms with Crippen LogP contribution in [0.2, 0.25) is 0 Å². The Labute approximate surface area is 233 Å². The predicted octanol–water partition coefficient (Wildman–Crippen LogP) is 4.48. The van der Waals surface area contributed by atoms with E-state index in [1.807, 2.05) is 6.07 Å². The number of nitrogens with one attached hydrogen (secondary N) is 4. The zero-order valence-corrected chi connectivity index (χ0v) is 22.3. The van der Waals surface area contributed by atoms with Crippen LogP contribution in [0.3, 0.4) is 0 Å². The molecule has 0 bridgehead atoms. The first-order valence-corrected chi connectivity index (χ1v) is 12.9. The second kappa shape index (κ2) is 10.7. The van der Waals surface area contributed by atoms with Crippen molar-refractivity contribution in [1.82, 2.24) is 20.1 Å². The van der Waals surface area contributed by atoms with Crippen molar-refractivity contribution in [3.8, 4) is 11.1 Å². The Morgan fingerprint density at radius 2 is 1.76 bits per heavy atom. The van der Waals surface area contributed by atoms with Crippen LogP contribution in [0, 0.1) is 0 Å². The molecule has 41 heavy (non-hydrogen) atoms. The molecule has 3 amide bonds. The number of carbonyl (C=O) groups is 2. The van der Waals surface area contributed by atoms with Crippen LogP contribution in [-0.4, -0.2) is 52.0 Å². The molecule has 1 aliphatic carbocycles. The number of aliphatic hydroxyl groups is 1. The lowest BCUT2D eigenvalue weighted by Crippen LogP contribution is -2.36. The largest absolute Gasteiger partial charge is 0.416 e. The molecule has 214 valence electrons. The molecule has 4 aromatic rings. The van der Waals surface area contributed by atoms with Crippen molar-refractivity contribution in [1.29, 1.82) is 0 Å². The van der Waals surface area contributed by atoms with Gasteiger partial charge in [-0.05, 0) is 60.4 Å². The maximum absolute atomic E-state index is 13.0. The number of aromatic nitrogens is 3. The number of aliphatic hydroxyl groups excluding tert-OH is 1. The number of carbonyl (C=O) groups excluding carboxylic acids is 2. The van der Waals surface area contributed by atoms with E-state index in [0.29, 0.717) is 35.7 Å². The van der Waals surface area contributed by atoms with E-state index in [-0.39, 0.29) is 24.7 Å². The van der Waals surface area contributed by atoms with Gasteiger partial charge in [0.2, 0.25) is 5.91 Å². The first kappa shape index (κ1) is 27.9. The minimum Gasteiger partial charge on any atom is -0.395 e. The molecule has 2 heterocycles. The monoisotopic (exact) mass is 567 g/mol. The van der Waals surface area contributed by atoms with Gasteiger partial charge >= 0.3 is 12.2 Å². The molecule has 1 fully saturated rings. The number of benzene rings is 2. The summed E-state index contributed by atoms with van der Waals surface area (Å²) >= 11 is 0. The van der Waals surface area contributed by atoms with Crippen molar-refractivity contribution in [2.24, 2.45) is 7.05 Å². The lowest BCUT2D eigenvalue weighted by molar-refractivity contribution is -0.137. The highest BCUT2D eigenvalue weighted by Gasteiger charge is 2.53. The minimum absolute atomic E-state index is 0.00820. The van der Waals surface area contributed by atoms with E-state index in [1.165, 1.54) is 12.1 Å². The number of amides is 3. The van der Waals surface area contributed by atoms with Gasteiger partial charge in [-0.1, -0.05) is 18.2 Å². The standard InChI is InChI=1S/C28H28F3N7O3/c1-32-23-22-20(15-21(36-24(22)38(2)37-23)27(10-11-27)25(40)33-12-13-39)16-6-8-18(9-7-16)34-26(41)35-19-5-3-4-17(14-19)28(29,30)31/h3-9,14-15,39H,10-13H2,1-2H3,(H,32,37)(H,33,40)(H2,34,35,41). The first-order valence-electron chi connectivity index (χ1n) is 12.9. The van der Waals surface area contributed by atoms with Crippen LogP contribution in [0.4, 0.5) is 35.2 Å². The lowest BCUT2D eigenvalue weighted by Gasteiger charge is -2.17. The number of aryl methyl sites for hydroxylation is 1. The van der Waals surface area contributed by atoms with Gasteiger partial charge in [0.15, 0.2) is 11.5 Å². The number of anilines is 3. The molecule has 0 aliphatic heterocycles. The molecule has 5 rings (SSSR count). The lowest BCUT2D eigenvalue weighted by atomic mass is 9.95. The molecule has 0 saturated heterocycles. The fourth-order valence-corrected chi connectivity index (χ4v) is 4.76. The third-order valence-electron chi connectivity index (χ3n) is 7.00. The second-order valence-electron chi connectivity index (χ2n) is 9.77. The van der Waals surface area contributed by atoms with Gasteiger partial charge in [0.25, 0.3) is 0 Å². The molecule has 2 aromatic heterocycles. The van der Waals surface area contributed by atoms with Gasteiger partial charge < -0.3 is 26.4 Å². The van der Waals surface area contributed by atoms with Crippen LogP contribution < -0.4 is 21.3 Å². The van der Waals surface area contributed by atoms with Crippen LogP contribution in [0.1, 0.15) is 24.1 Å². The van der Waals surface area contributed by atoms with Crippen molar-refractivity contribution in [2.45, 2.75) is 24.4 Å². The van der Waals surface area contributed by atoms with Gasteiger partial charge in [0, 0.05) is 32.0 Å². The molecular weight excluding hydrogens is 539 g/mol. The van der Waals surface area contributed by atoms with Crippen molar-refractivity contribution in [3.05, 3.63) is 65.9 Å². The topological polar surface area (TPSA) is 133 Å². The quantitative estimate of drug-likeness (QED) is 0.213. The summed E-state index contributed by atoms with van der Waals surface area (Å²) in [7, 11) is 3.52. The van der Waals surface area contributed by atoms with Gasteiger partial charge in [-0.25, -0.2) is 14.5 Å².